The molecule has 4 aromatic heterocycles. The van der Waals surface area contributed by atoms with Crippen LogP contribution in [-0.2, 0) is 0 Å². The van der Waals surface area contributed by atoms with E-state index in [1.165, 1.54) is 10.5 Å². The van der Waals surface area contributed by atoms with E-state index in [0.717, 1.165) is 17.0 Å². The van der Waals surface area contributed by atoms with Gasteiger partial charge in [-0.05, 0) is 38.1 Å². The monoisotopic (exact) mass is 293 g/mol. The molecule has 0 saturated carbocycles. The van der Waals surface area contributed by atoms with Crippen LogP contribution in [0.2, 0.25) is 0 Å². The van der Waals surface area contributed by atoms with Crippen molar-refractivity contribution >= 4 is 11.3 Å². The van der Waals surface area contributed by atoms with Crippen molar-refractivity contribution in [3.05, 3.63) is 76.7 Å². The second kappa shape index (κ2) is 5.77. The zero-order valence-corrected chi connectivity index (χ0v) is 12.3. The molecule has 4 aromatic rings. The number of fused-ring (bicyclic) bond motifs is 2. The molecule has 0 atom stereocenters. The van der Waals surface area contributed by atoms with Gasteiger partial charge >= 0.3 is 0 Å². The second-order valence-corrected chi connectivity index (χ2v) is 4.87. The van der Waals surface area contributed by atoms with Crippen LogP contribution in [0.1, 0.15) is 11.4 Å². The van der Waals surface area contributed by atoms with E-state index in [0.29, 0.717) is 5.65 Å². The average Bonchev–Trinajstić information content (AvgIpc) is 2.88. The van der Waals surface area contributed by atoms with Crippen molar-refractivity contribution in [2.75, 3.05) is 0 Å². The SMILES string of the molecule is Cc1cc(=O)n2ccccc2n1.Cc1cn2ncccc2n1. The molecule has 0 saturated heterocycles. The number of aryl methyl sites for hydroxylation is 2. The van der Waals surface area contributed by atoms with Crippen molar-refractivity contribution in [1.82, 2.24) is 24.0 Å². The fourth-order valence-corrected chi connectivity index (χ4v) is 2.12. The Labute approximate surface area is 126 Å². The number of rotatable bonds is 0. The zero-order valence-electron chi connectivity index (χ0n) is 12.3. The highest BCUT2D eigenvalue weighted by Crippen LogP contribution is 1.99. The summed E-state index contributed by atoms with van der Waals surface area (Å²) < 4.78 is 3.28. The molecule has 0 aromatic carbocycles. The topological polar surface area (TPSA) is 64.6 Å². The summed E-state index contributed by atoms with van der Waals surface area (Å²) in [5.41, 5.74) is 3.32. The number of imidazole rings is 1. The van der Waals surface area contributed by atoms with Gasteiger partial charge in [0.1, 0.15) is 5.65 Å². The maximum Gasteiger partial charge on any atom is 0.258 e. The largest absolute Gasteiger partial charge is 0.269 e. The van der Waals surface area contributed by atoms with Crippen LogP contribution < -0.4 is 5.56 Å². The van der Waals surface area contributed by atoms with Crippen LogP contribution in [0.4, 0.5) is 0 Å². The van der Waals surface area contributed by atoms with Gasteiger partial charge in [0.2, 0.25) is 0 Å². The molecule has 0 aliphatic carbocycles. The van der Waals surface area contributed by atoms with Crippen LogP contribution in [0, 0.1) is 13.8 Å². The minimum absolute atomic E-state index is 0.0295. The van der Waals surface area contributed by atoms with Gasteiger partial charge in [-0.25, -0.2) is 14.5 Å². The summed E-state index contributed by atoms with van der Waals surface area (Å²) in [6.07, 6.45) is 5.35. The van der Waals surface area contributed by atoms with Crippen molar-refractivity contribution < 1.29 is 0 Å². The number of hydrogen-bond acceptors (Lipinski definition) is 4. The third-order valence-corrected chi connectivity index (χ3v) is 3.06. The van der Waals surface area contributed by atoms with E-state index in [4.69, 9.17) is 0 Å². The lowest BCUT2D eigenvalue weighted by Gasteiger charge is -1.98. The highest BCUT2D eigenvalue weighted by atomic mass is 16.1. The normalized spacial score (nSPS) is 10.5. The Balaban J connectivity index is 0.000000133. The van der Waals surface area contributed by atoms with Crippen LogP contribution in [-0.4, -0.2) is 24.0 Å². The van der Waals surface area contributed by atoms with Gasteiger partial charge in [-0.2, -0.15) is 5.10 Å². The molecule has 0 unspecified atom stereocenters. The van der Waals surface area contributed by atoms with Gasteiger partial charge in [-0.3, -0.25) is 9.20 Å². The van der Waals surface area contributed by atoms with Crippen LogP contribution in [0.25, 0.3) is 11.3 Å². The lowest BCUT2D eigenvalue weighted by Crippen LogP contribution is -2.13. The van der Waals surface area contributed by atoms with E-state index in [2.05, 4.69) is 15.1 Å². The third kappa shape index (κ3) is 2.85. The van der Waals surface area contributed by atoms with E-state index in [9.17, 15) is 4.79 Å². The van der Waals surface area contributed by atoms with E-state index in [1.54, 1.807) is 16.9 Å². The molecule has 6 heteroatoms. The van der Waals surface area contributed by atoms with Crippen molar-refractivity contribution in [3.63, 3.8) is 0 Å². The van der Waals surface area contributed by atoms with E-state index in [-0.39, 0.29) is 5.56 Å². The molecule has 0 radical (unpaired) electrons. The summed E-state index contributed by atoms with van der Waals surface area (Å²) in [6, 6.07) is 10.8. The molecule has 4 heterocycles. The molecular weight excluding hydrogens is 278 g/mol. The molecular formula is C16H15N5O. The van der Waals surface area contributed by atoms with E-state index < -0.39 is 0 Å². The van der Waals surface area contributed by atoms with Gasteiger partial charge in [-0.1, -0.05) is 6.07 Å². The first-order valence-corrected chi connectivity index (χ1v) is 6.85. The van der Waals surface area contributed by atoms with Gasteiger partial charge in [0.05, 0.1) is 11.9 Å². The standard InChI is InChI=1S/C9H8N2O.C7H7N3/c1-7-6-9(12)11-5-3-2-4-8(11)10-7;1-6-5-10-7(9-6)3-2-4-8-10/h2-6H,1H3;2-5H,1H3. The summed E-state index contributed by atoms with van der Waals surface area (Å²) in [5, 5.41) is 4.06. The number of aromatic nitrogens is 5. The second-order valence-electron chi connectivity index (χ2n) is 4.87. The molecule has 22 heavy (non-hydrogen) atoms. The van der Waals surface area contributed by atoms with Gasteiger partial charge in [0.15, 0.2) is 5.65 Å². The Morgan fingerprint density at radius 3 is 2.55 bits per heavy atom. The number of hydrogen-bond donors (Lipinski definition) is 0. The van der Waals surface area contributed by atoms with Crippen LogP contribution >= 0.6 is 0 Å². The molecule has 0 fully saturated rings. The van der Waals surface area contributed by atoms with E-state index >= 15 is 0 Å². The highest BCUT2D eigenvalue weighted by Gasteiger charge is 1.95. The van der Waals surface area contributed by atoms with Gasteiger partial charge in [0, 0.05) is 24.2 Å². The van der Waals surface area contributed by atoms with Crippen LogP contribution in [0.3, 0.4) is 0 Å². The highest BCUT2D eigenvalue weighted by molar-refractivity contribution is 5.38. The Bertz CT molecular complexity index is 953. The van der Waals surface area contributed by atoms with Crippen LogP contribution in [0.15, 0.2) is 59.8 Å². The Morgan fingerprint density at radius 2 is 1.73 bits per heavy atom. The average molecular weight is 293 g/mol. The molecule has 0 aliphatic rings. The van der Waals surface area contributed by atoms with Crippen molar-refractivity contribution in [2.45, 2.75) is 13.8 Å². The van der Waals surface area contributed by atoms with E-state index in [1.807, 2.05) is 50.4 Å². The smallest absolute Gasteiger partial charge is 0.258 e. The molecule has 0 spiro atoms. The molecule has 4 rings (SSSR count). The summed E-state index contributed by atoms with van der Waals surface area (Å²) in [5.74, 6) is 0. The lowest BCUT2D eigenvalue weighted by atomic mass is 10.4. The Morgan fingerprint density at radius 1 is 0.955 bits per heavy atom. The first-order chi connectivity index (χ1) is 10.6. The van der Waals surface area contributed by atoms with Gasteiger partial charge in [-0.15, -0.1) is 0 Å². The fraction of sp³-hybridized carbons (Fsp3) is 0.125. The summed E-state index contributed by atoms with van der Waals surface area (Å²) >= 11 is 0. The van der Waals surface area contributed by atoms with Gasteiger partial charge < -0.3 is 0 Å². The lowest BCUT2D eigenvalue weighted by molar-refractivity contribution is 0.934. The molecule has 0 N–H and O–H groups in total. The fourth-order valence-electron chi connectivity index (χ4n) is 2.12. The molecule has 110 valence electrons. The summed E-state index contributed by atoms with van der Waals surface area (Å²) in [7, 11) is 0. The Kier molecular flexibility index (Phi) is 3.65. The first-order valence-electron chi connectivity index (χ1n) is 6.85. The Hall–Kier alpha value is -3.02. The van der Waals surface area contributed by atoms with Gasteiger partial charge in [0.25, 0.3) is 5.56 Å². The predicted octanol–water partition coefficient (Wildman–Crippen LogP) is 2.04. The zero-order chi connectivity index (χ0) is 15.5. The van der Waals surface area contributed by atoms with Crippen molar-refractivity contribution in [3.8, 4) is 0 Å². The summed E-state index contributed by atoms with van der Waals surface area (Å²) in [6.45, 7) is 3.77. The predicted molar refractivity (Wildman–Crippen MR) is 83.9 cm³/mol. The number of pyridine rings is 1. The number of nitrogens with zero attached hydrogens (tertiary/aromatic N) is 5. The van der Waals surface area contributed by atoms with Crippen molar-refractivity contribution in [2.24, 2.45) is 0 Å². The molecule has 0 amide bonds. The quantitative estimate of drug-likeness (QED) is 0.497. The minimum atomic E-state index is -0.0295. The first kappa shape index (κ1) is 13.9. The molecule has 0 bridgehead atoms. The summed E-state index contributed by atoms with van der Waals surface area (Å²) in [4.78, 5) is 19.7. The van der Waals surface area contributed by atoms with Crippen molar-refractivity contribution in [1.29, 1.82) is 0 Å². The third-order valence-electron chi connectivity index (χ3n) is 3.06. The van der Waals surface area contributed by atoms with Crippen LogP contribution in [0.5, 0.6) is 0 Å². The molecule has 6 nitrogen and oxygen atoms in total. The maximum atomic E-state index is 11.3. The molecule has 0 aliphatic heterocycles. The maximum absolute atomic E-state index is 11.3. The minimum Gasteiger partial charge on any atom is -0.269 e.